The van der Waals surface area contributed by atoms with E-state index in [1.165, 1.54) is 154 Å². The number of nitrogens with zero attached hydrogens (tertiary/aromatic N) is 1. The molecule has 0 fully saturated rings. The fourth-order valence-electron chi connectivity index (χ4n) is 9.15. The minimum Gasteiger partial charge on any atom is -0.466 e. The molecule has 0 aromatic heterocycles. The summed E-state index contributed by atoms with van der Waals surface area (Å²) in [6.45, 7) is 13.6. The number of esters is 2. The van der Waals surface area contributed by atoms with Crippen LogP contribution in [0.15, 0.2) is 24.3 Å². The standard InChI is InChI=1S/C59H113NO5/c1-5-9-11-13-15-17-19-21-23-25-27-29-31-33-39-47-57(61)64-55-45-37-35-41-49-59(63,51-43-44-54-60(52-7-3)53-8-4)50-42-36-38-46-56-65-58(62)48-40-34-32-30-28-26-24-22-20-18-16-14-12-10-6-2/h21-24,63H,5-20,25-56H2,1-4H3. The van der Waals surface area contributed by atoms with Crippen LogP contribution >= 0.6 is 0 Å². The fraction of sp³-hybridized carbons (Fsp3) is 0.898. The van der Waals surface area contributed by atoms with Crippen molar-refractivity contribution in [1.82, 2.24) is 4.90 Å². The van der Waals surface area contributed by atoms with Gasteiger partial charge in [-0.05, 0) is 142 Å². The Bertz CT molecular complexity index is 970. The molecule has 0 radical (unpaired) electrons. The predicted octanol–water partition coefficient (Wildman–Crippen LogP) is 18.1. The SMILES string of the molecule is CCCCCCCCC=CCCCCCCCC(=O)OCCCCCCC(O)(CCCCCCOC(=O)CCCCCCCC=CCCCCCCCC)CCCCN(CCC)CCC. The maximum absolute atomic E-state index is 12.3. The van der Waals surface area contributed by atoms with Gasteiger partial charge in [-0.3, -0.25) is 9.59 Å². The molecule has 0 unspecified atom stereocenters. The van der Waals surface area contributed by atoms with Crippen LogP contribution in [-0.2, 0) is 19.1 Å². The monoisotopic (exact) mass is 916 g/mol. The summed E-state index contributed by atoms with van der Waals surface area (Å²) in [5, 5.41) is 11.8. The maximum Gasteiger partial charge on any atom is 0.305 e. The van der Waals surface area contributed by atoms with Crippen LogP contribution in [0.2, 0.25) is 0 Å². The Morgan fingerprint density at radius 1 is 0.369 bits per heavy atom. The number of allylic oxidation sites excluding steroid dienone is 4. The van der Waals surface area contributed by atoms with Gasteiger partial charge in [-0.15, -0.1) is 0 Å². The van der Waals surface area contributed by atoms with Crippen LogP contribution in [0.5, 0.6) is 0 Å². The molecule has 6 nitrogen and oxygen atoms in total. The summed E-state index contributed by atoms with van der Waals surface area (Å²) in [6, 6.07) is 0. The molecule has 0 aliphatic carbocycles. The fourth-order valence-corrected chi connectivity index (χ4v) is 9.15. The van der Waals surface area contributed by atoms with E-state index in [1.54, 1.807) is 0 Å². The van der Waals surface area contributed by atoms with E-state index in [1.807, 2.05) is 0 Å². The lowest BCUT2D eigenvalue weighted by molar-refractivity contribution is -0.144. The van der Waals surface area contributed by atoms with Gasteiger partial charge in [0.05, 0.1) is 18.8 Å². The molecule has 0 aliphatic rings. The zero-order chi connectivity index (χ0) is 47.4. The molecule has 1 N–H and O–H groups in total. The largest absolute Gasteiger partial charge is 0.466 e. The summed E-state index contributed by atoms with van der Waals surface area (Å²) in [4.78, 5) is 27.2. The topological polar surface area (TPSA) is 76.1 Å². The summed E-state index contributed by atoms with van der Waals surface area (Å²) in [5.74, 6) is -0.0827. The first-order valence-electron chi connectivity index (χ1n) is 29.0. The van der Waals surface area contributed by atoms with Crippen LogP contribution in [0.4, 0.5) is 0 Å². The summed E-state index contributed by atoms with van der Waals surface area (Å²) >= 11 is 0. The normalized spacial score (nSPS) is 12.8. The van der Waals surface area contributed by atoms with Gasteiger partial charge < -0.3 is 19.5 Å². The van der Waals surface area contributed by atoms with Gasteiger partial charge in [0.2, 0.25) is 0 Å². The average molecular weight is 917 g/mol. The molecule has 384 valence electrons. The maximum atomic E-state index is 12.3. The molecule has 0 atom stereocenters. The first kappa shape index (κ1) is 63.3. The van der Waals surface area contributed by atoms with Crippen molar-refractivity contribution in [3.63, 3.8) is 0 Å². The van der Waals surface area contributed by atoms with Gasteiger partial charge in [-0.1, -0.05) is 193 Å². The Balaban J connectivity index is 4.15. The molecule has 65 heavy (non-hydrogen) atoms. The molecular formula is C59H113NO5. The number of carbonyl (C=O) groups is 2. The molecule has 0 amide bonds. The van der Waals surface area contributed by atoms with Crippen molar-refractivity contribution in [2.75, 3.05) is 32.8 Å². The zero-order valence-electron chi connectivity index (χ0n) is 44.3. The van der Waals surface area contributed by atoms with Crippen LogP contribution < -0.4 is 0 Å². The highest BCUT2D eigenvalue weighted by molar-refractivity contribution is 5.69. The second-order valence-corrected chi connectivity index (χ2v) is 20.0. The van der Waals surface area contributed by atoms with E-state index in [2.05, 4.69) is 56.9 Å². The quantitative estimate of drug-likeness (QED) is 0.0372. The van der Waals surface area contributed by atoms with Crippen LogP contribution in [-0.4, -0.2) is 60.4 Å². The van der Waals surface area contributed by atoms with Crippen molar-refractivity contribution in [3.8, 4) is 0 Å². The van der Waals surface area contributed by atoms with E-state index >= 15 is 0 Å². The highest BCUT2D eigenvalue weighted by Gasteiger charge is 2.25. The van der Waals surface area contributed by atoms with E-state index in [9.17, 15) is 14.7 Å². The van der Waals surface area contributed by atoms with Crippen LogP contribution in [0.1, 0.15) is 304 Å². The van der Waals surface area contributed by atoms with Crippen molar-refractivity contribution in [2.24, 2.45) is 0 Å². The average Bonchev–Trinajstić information content (AvgIpc) is 3.30. The number of hydrogen-bond acceptors (Lipinski definition) is 6. The Labute approximate surface area is 406 Å². The van der Waals surface area contributed by atoms with Crippen LogP contribution in [0.3, 0.4) is 0 Å². The third-order valence-electron chi connectivity index (χ3n) is 13.3. The van der Waals surface area contributed by atoms with Crippen molar-refractivity contribution in [1.29, 1.82) is 0 Å². The Kier molecular flexibility index (Phi) is 50.4. The molecule has 6 heteroatoms. The van der Waals surface area contributed by atoms with Crippen molar-refractivity contribution in [3.05, 3.63) is 24.3 Å². The number of aliphatic hydroxyl groups is 1. The number of ether oxygens (including phenoxy) is 2. The van der Waals surface area contributed by atoms with Gasteiger partial charge in [0.25, 0.3) is 0 Å². The number of rotatable bonds is 53. The number of unbranched alkanes of at least 4 members (excludes halogenated alkanes) is 29. The van der Waals surface area contributed by atoms with Crippen LogP contribution in [0.25, 0.3) is 0 Å². The zero-order valence-corrected chi connectivity index (χ0v) is 44.3. The van der Waals surface area contributed by atoms with E-state index in [0.717, 1.165) is 129 Å². The highest BCUT2D eigenvalue weighted by Crippen LogP contribution is 2.29. The lowest BCUT2D eigenvalue weighted by Crippen LogP contribution is -2.30. The first-order valence-corrected chi connectivity index (χ1v) is 29.0. The molecular weight excluding hydrogens is 803 g/mol. The van der Waals surface area contributed by atoms with Gasteiger partial charge in [0, 0.05) is 12.8 Å². The van der Waals surface area contributed by atoms with E-state index in [-0.39, 0.29) is 11.9 Å². The highest BCUT2D eigenvalue weighted by atomic mass is 16.5. The molecule has 0 saturated heterocycles. The predicted molar refractivity (Wildman–Crippen MR) is 283 cm³/mol. The molecule has 0 bridgehead atoms. The lowest BCUT2D eigenvalue weighted by atomic mass is 9.85. The molecule has 0 aromatic rings. The van der Waals surface area contributed by atoms with Crippen LogP contribution in [0, 0.1) is 0 Å². The smallest absolute Gasteiger partial charge is 0.305 e. The van der Waals surface area contributed by atoms with Crippen molar-refractivity contribution in [2.45, 2.75) is 309 Å². The van der Waals surface area contributed by atoms with Gasteiger partial charge >= 0.3 is 11.9 Å². The Morgan fingerprint density at radius 2 is 0.677 bits per heavy atom. The third-order valence-corrected chi connectivity index (χ3v) is 13.3. The first-order chi connectivity index (χ1) is 31.9. The Hall–Kier alpha value is -1.66. The summed E-state index contributed by atoms with van der Waals surface area (Å²) in [7, 11) is 0. The van der Waals surface area contributed by atoms with Gasteiger partial charge in [0.1, 0.15) is 0 Å². The lowest BCUT2D eigenvalue weighted by Gasteiger charge is -2.29. The summed E-state index contributed by atoms with van der Waals surface area (Å²) in [6.07, 6.45) is 58.6. The number of carbonyl (C=O) groups excluding carboxylic acids is 2. The molecule has 0 spiro atoms. The third kappa shape index (κ3) is 48.6. The summed E-state index contributed by atoms with van der Waals surface area (Å²) in [5.41, 5.74) is -0.604. The minimum atomic E-state index is -0.604. The van der Waals surface area contributed by atoms with Gasteiger partial charge in [0.15, 0.2) is 0 Å². The molecule has 0 aromatic carbocycles. The second kappa shape index (κ2) is 51.7. The van der Waals surface area contributed by atoms with Gasteiger partial charge in [-0.25, -0.2) is 0 Å². The van der Waals surface area contributed by atoms with E-state index in [0.29, 0.717) is 26.1 Å². The minimum absolute atomic E-state index is 0.0413. The molecule has 0 saturated carbocycles. The van der Waals surface area contributed by atoms with E-state index in [4.69, 9.17) is 9.47 Å². The Morgan fingerprint density at radius 3 is 1.05 bits per heavy atom. The van der Waals surface area contributed by atoms with E-state index < -0.39 is 5.60 Å². The molecule has 0 rings (SSSR count). The molecule has 0 aliphatic heterocycles. The second-order valence-electron chi connectivity index (χ2n) is 20.0. The number of hydrogen-bond donors (Lipinski definition) is 1. The van der Waals surface area contributed by atoms with Crippen molar-refractivity contribution < 1.29 is 24.2 Å². The molecule has 0 heterocycles. The van der Waals surface area contributed by atoms with Crippen molar-refractivity contribution >= 4 is 11.9 Å². The van der Waals surface area contributed by atoms with Gasteiger partial charge in [-0.2, -0.15) is 0 Å². The summed E-state index contributed by atoms with van der Waals surface area (Å²) < 4.78 is 11.1.